The number of hydrogen-bond donors (Lipinski definition) is 0. The van der Waals surface area contributed by atoms with Crippen molar-refractivity contribution in [2.75, 3.05) is 0 Å². The van der Waals surface area contributed by atoms with Crippen molar-refractivity contribution in [2.24, 2.45) is 0 Å². The van der Waals surface area contributed by atoms with Crippen molar-refractivity contribution in [3.05, 3.63) is 165 Å². The summed E-state index contributed by atoms with van der Waals surface area (Å²) >= 11 is 0.323. The normalized spacial score (nSPS) is 12.0. The molecule has 0 spiro atoms. The van der Waals surface area contributed by atoms with Crippen molar-refractivity contribution in [1.82, 2.24) is 0 Å². The molecule has 0 aliphatic rings. The van der Waals surface area contributed by atoms with Crippen LogP contribution in [0.3, 0.4) is 0 Å². The van der Waals surface area contributed by atoms with Gasteiger partial charge in [-0.3, -0.25) is 0 Å². The van der Waals surface area contributed by atoms with Crippen molar-refractivity contribution in [1.29, 1.82) is 0 Å². The highest BCUT2D eigenvalue weighted by Crippen LogP contribution is 2.42. The highest BCUT2D eigenvalue weighted by molar-refractivity contribution is 8.08. The van der Waals surface area contributed by atoms with Crippen molar-refractivity contribution in [3.8, 4) is 0 Å². The molecular formula is C33H12BF15S. The van der Waals surface area contributed by atoms with Crippen LogP contribution in [0.25, 0.3) is 10.4 Å². The van der Waals surface area contributed by atoms with Crippen LogP contribution < -0.4 is 10.9 Å². The minimum atomic E-state index is -3.70. The molecule has 5 aromatic carbocycles. The first kappa shape index (κ1) is 36.5. The van der Waals surface area contributed by atoms with Crippen molar-refractivity contribution in [3.63, 3.8) is 0 Å². The third-order valence-electron chi connectivity index (χ3n) is 7.34. The molecule has 0 N–H and O–H groups in total. The Morgan fingerprint density at radius 3 is 1.10 bits per heavy atom. The lowest BCUT2D eigenvalue weighted by molar-refractivity contribution is 0.376. The molecular weight excluding hydrogens is 724 g/mol. The molecule has 5 rings (SSSR count). The SMILES string of the molecule is Fc1c(F)c(F)c(B(/C(=C(/SCc2ccccc2)c2ccccc2)c2c(F)c(F)c(F)c(F)c2F)c2c(F)c(F)c(F)c(F)c2F)c(F)c1F. The Labute approximate surface area is 275 Å². The maximum absolute atomic E-state index is 15.8. The Bertz CT molecular complexity index is 2020. The van der Waals surface area contributed by atoms with Gasteiger partial charge in [-0.1, -0.05) is 60.7 Å². The topological polar surface area (TPSA) is 0 Å². The van der Waals surface area contributed by atoms with Gasteiger partial charge in [0, 0.05) is 27.1 Å². The van der Waals surface area contributed by atoms with Crippen LogP contribution in [-0.4, -0.2) is 6.71 Å². The second-order valence-corrected chi connectivity index (χ2v) is 11.2. The van der Waals surface area contributed by atoms with E-state index in [-0.39, 0.29) is 0 Å². The third-order valence-corrected chi connectivity index (χ3v) is 8.56. The van der Waals surface area contributed by atoms with Crippen LogP contribution in [0.4, 0.5) is 65.9 Å². The van der Waals surface area contributed by atoms with Crippen LogP contribution in [-0.2, 0) is 5.75 Å². The van der Waals surface area contributed by atoms with Gasteiger partial charge >= 0.3 is 0 Å². The Balaban J connectivity index is 2.12. The fraction of sp³-hybridized carbons (Fsp3) is 0.0303. The molecule has 0 saturated carbocycles. The van der Waals surface area contributed by atoms with Crippen LogP contribution in [0.1, 0.15) is 16.7 Å². The molecule has 0 fully saturated rings. The predicted octanol–water partition coefficient (Wildman–Crippen LogP) is 9.42. The van der Waals surface area contributed by atoms with Gasteiger partial charge in [-0.15, -0.1) is 11.8 Å². The molecule has 0 amide bonds. The molecule has 0 heterocycles. The van der Waals surface area contributed by atoms with E-state index < -0.39 is 132 Å². The summed E-state index contributed by atoms with van der Waals surface area (Å²) in [6.07, 6.45) is 0. The van der Waals surface area contributed by atoms with Gasteiger partial charge in [0.2, 0.25) is 5.82 Å². The first-order chi connectivity index (χ1) is 23.6. The maximum Gasteiger partial charge on any atom is 0.259 e. The van der Waals surface area contributed by atoms with Gasteiger partial charge in [0.25, 0.3) is 6.71 Å². The van der Waals surface area contributed by atoms with Gasteiger partial charge in [-0.05, 0) is 16.6 Å². The summed E-state index contributed by atoms with van der Waals surface area (Å²) in [5.41, 5.74) is -9.08. The minimum Gasteiger partial charge on any atom is -0.204 e. The van der Waals surface area contributed by atoms with E-state index in [2.05, 4.69) is 0 Å². The molecule has 0 bridgehead atoms. The molecule has 17 heteroatoms. The lowest BCUT2D eigenvalue weighted by Gasteiger charge is -2.26. The summed E-state index contributed by atoms with van der Waals surface area (Å²) in [5.74, 6) is -43.7. The summed E-state index contributed by atoms with van der Waals surface area (Å²) in [4.78, 5) is -0.907. The standard InChI is InChI=1S/C33H12BF15S/c35-18-14(19(36)25(42)30(47)24(18)41)15(33(13-9-5-2-6-10-13)50-11-12-7-3-1-4-8-12)34(16-20(37)26(43)31(48)27(44)21(16)38)17-22(39)28(45)32(49)29(46)23(17)40/h1-10H,11H2/b33-15+. The summed E-state index contributed by atoms with van der Waals surface area (Å²) < 4.78 is 225. The third kappa shape index (κ3) is 6.11. The summed E-state index contributed by atoms with van der Waals surface area (Å²) in [6.45, 7) is -3.70. The molecule has 0 unspecified atom stereocenters. The lowest BCUT2D eigenvalue weighted by Crippen LogP contribution is -2.52. The van der Waals surface area contributed by atoms with Crippen LogP contribution in [0.5, 0.6) is 0 Å². The Morgan fingerprint density at radius 1 is 0.400 bits per heavy atom. The van der Waals surface area contributed by atoms with Crippen LogP contribution in [0, 0.1) is 87.3 Å². The van der Waals surface area contributed by atoms with Gasteiger partial charge in [0.15, 0.2) is 81.4 Å². The number of halogens is 15. The molecule has 0 radical (unpaired) electrons. The molecule has 0 aromatic heterocycles. The highest BCUT2D eigenvalue weighted by atomic mass is 32.2. The monoisotopic (exact) mass is 736 g/mol. The fourth-order valence-electron chi connectivity index (χ4n) is 5.05. The van der Waals surface area contributed by atoms with Gasteiger partial charge < -0.3 is 0 Å². The van der Waals surface area contributed by atoms with Crippen LogP contribution in [0.2, 0.25) is 0 Å². The van der Waals surface area contributed by atoms with E-state index in [1.807, 2.05) is 0 Å². The molecule has 0 atom stereocenters. The minimum absolute atomic E-state index is 0.312. The zero-order valence-electron chi connectivity index (χ0n) is 24.1. The zero-order chi connectivity index (χ0) is 36.8. The number of thioether (sulfide) groups is 1. The molecule has 0 nitrogen and oxygen atoms in total. The van der Waals surface area contributed by atoms with E-state index in [4.69, 9.17) is 0 Å². The summed E-state index contributed by atoms with van der Waals surface area (Å²) in [5, 5.41) is 0. The Hall–Kier alpha value is -4.80. The molecule has 5 aromatic rings. The average molecular weight is 736 g/mol. The summed E-state index contributed by atoms with van der Waals surface area (Å²) in [6, 6.07) is 13.1. The van der Waals surface area contributed by atoms with Gasteiger partial charge in [-0.2, -0.15) is 0 Å². The highest BCUT2D eigenvalue weighted by Gasteiger charge is 2.45. The first-order valence-corrected chi connectivity index (χ1v) is 14.6. The average Bonchev–Trinajstić information content (AvgIpc) is 3.12. The van der Waals surface area contributed by atoms with E-state index in [9.17, 15) is 39.5 Å². The van der Waals surface area contributed by atoms with Gasteiger partial charge in [-0.25, -0.2) is 65.9 Å². The predicted molar refractivity (Wildman–Crippen MR) is 155 cm³/mol. The summed E-state index contributed by atoms with van der Waals surface area (Å²) in [7, 11) is 0. The van der Waals surface area contributed by atoms with Gasteiger partial charge in [0.1, 0.15) is 0 Å². The molecule has 258 valence electrons. The fourth-order valence-corrected chi connectivity index (χ4v) is 6.23. The van der Waals surface area contributed by atoms with E-state index in [0.29, 0.717) is 17.3 Å². The van der Waals surface area contributed by atoms with Crippen LogP contribution in [0.15, 0.2) is 60.7 Å². The zero-order valence-corrected chi connectivity index (χ0v) is 25.0. The van der Waals surface area contributed by atoms with Crippen molar-refractivity contribution < 1.29 is 65.9 Å². The maximum atomic E-state index is 15.8. The van der Waals surface area contributed by atoms with E-state index in [1.54, 1.807) is 0 Å². The van der Waals surface area contributed by atoms with E-state index >= 15 is 26.3 Å². The lowest BCUT2D eigenvalue weighted by atomic mass is 9.34. The van der Waals surface area contributed by atoms with E-state index in [0.717, 1.165) is 12.1 Å². The van der Waals surface area contributed by atoms with Crippen molar-refractivity contribution in [2.45, 2.75) is 5.75 Å². The van der Waals surface area contributed by atoms with Gasteiger partial charge in [0.05, 0.1) is 0 Å². The molecule has 0 aliphatic carbocycles. The first-order valence-electron chi connectivity index (χ1n) is 13.6. The smallest absolute Gasteiger partial charge is 0.204 e. The number of rotatable bonds is 8. The largest absolute Gasteiger partial charge is 0.259 e. The number of benzene rings is 5. The van der Waals surface area contributed by atoms with E-state index in [1.165, 1.54) is 48.5 Å². The molecule has 0 aliphatic heterocycles. The molecule has 0 saturated heterocycles. The Kier molecular flexibility index (Phi) is 10.4. The second kappa shape index (κ2) is 14.2. The Morgan fingerprint density at radius 2 is 0.720 bits per heavy atom. The molecule has 50 heavy (non-hydrogen) atoms. The quantitative estimate of drug-likeness (QED) is 0.0504. The van der Waals surface area contributed by atoms with Crippen molar-refractivity contribution >= 4 is 39.8 Å². The number of hydrogen-bond acceptors (Lipinski definition) is 1. The second-order valence-electron chi connectivity index (χ2n) is 10.2. The van der Waals surface area contributed by atoms with Crippen LogP contribution >= 0.6 is 11.8 Å².